The van der Waals surface area contributed by atoms with Crippen LogP contribution in [0.15, 0.2) is 30.3 Å². The zero-order valence-electron chi connectivity index (χ0n) is 10.5. The number of ether oxygens (including phenoxy) is 1. The Labute approximate surface area is 117 Å². The number of hydrogen-bond acceptors (Lipinski definition) is 5. The summed E-state index contributed by atoms with van der Waals surface area (Å²) in [6.07, 6.45) is 0. The molecular weight excluding hydrogens is 286 g/mol. The molecule has 0 saturated heterocycles. The van der Waals surface area contributed by atoms with Crippen LogP contribution in [0.25, 0.3) is 0 Å². The third kappa shape index (κ3) is 3.02. The van der Waals surface area contributed by atoms with Crippen LogP contribution in [0.2, 0.25) is 0 Å². The normalized spacial score (nSPS) is 10.4. The van der Waals surface area contributed by atoms with Crippen molar-refractivity contribution in [1.29, 1.82) is 0 Å². The topological polar surface area (TPSA) is 87.0 Å². The van der Waals surface area contributed by atoms with Crippen molar-refractivity contribution < 1.29 is 33.6 Å². The highest BCUT2D eigenvalue weighted by atomic mass is 19.1. The number of para-hydroxylation sites is 1. The summed E-state index contributed by atoms with van der Waals surface area (Å²) in [5.41, 5.74) is -0.510. The zero-order chi connectivity index (χ0) is 15.6. The second kappa shape index (κ2) is 5.66. The number of benzene rings is 2. The average molecular weight is 296 g/mol. The fraction of sp³-hybridized carbons (Fsp3) is 0.0714. The van der Waals surface area contributed by atoms with E-state index in [-0.39, 0.29) is 0 Å². The fourth-order valence-electron chi connectivity index (χ4n) is 1.71. The van der Waals surface area contributed by atoms with Crippen LogP contribution >= 0.6 is 0 Å². The minimum absolute atomic E-state index is 0.442. The van der Waals surface area contributed by atoms with Crippen LogP contribution in [0.3, 0.4) is 0 Å². The van der Waals surface area contributed by atoms with E-state index in [1.54, 1.807) is 0 Å². The van der Waals surface area contributed by atoms with Crippen LogP contribution in [0, 0.1) is 11.6 Å². The molecule has 7 heteroatoms. The van der Waals surface area contributed by atoms with Crippen molar-refractivity contribution in [3.63, 3.8) is 0 Å². The van der Waals surface area contributed by atoms with Gasteiger partial charge in [0.05, 0.1) is 0 Å². The van der Waals surface area contributed by atoms with Crippen molar-refractivity contribution in [1.82, 2.24) is 0 Å². The summed E-state index contributed by atoms with van der Waals surface area (Å²) < 4.78 is 31.4. The van der Waals surface area contributed by atoms with Crippen LogP contribution in [0.5, 0.6) is 23.0 Å². The Bertz CT molecular complexity index is 657. The maximum absolute atomic E-state index is 13.3. The Morgan fingerprint density at radius 2 is 1.57 bits per heavy atom. The summed E-state index contributed by atoms with van der Waals surface area (Å²) in [5, 5.41) is 28.1. The van der Waals surface area contributed by atoms with E-state index in [2.05, 4.69) is 0 Å². The van der Waals surface area contributed by atoms with Crippen LogP contribution in [-0.4, -0.2) is 27.7 Å². The molecular formula is C14H10F2O5. The third-order valence-corrected chi connectivity index (χ3v) is 2.63. The number of rotatable bonds is 4. The van der Waals surface area contributed by atoms with Crippen molar-refractivity contribution in [2.75, 3.05) is 6.61 Å². The van der Waals surface area contributed by atoms with Gasteiger partial charge >= 0.3 is 0 Å². The van der Waals surface area contributed by atoms with Crippen LogP contribution in [0.1, 0.15) is 10.4 Å². The number of carbonyl (C=O) groups is 1. The molecule has 2 aromatic carbocycles. The molecule has 3 N–H and O–H groups in total. The number of aromatic hydroxyl groups is 3. The Morgan fingerprint density at radius 1 is 1.05 bits per heavy atom. The SMILES string of the molecule is O=C(COc1c(F)cccc1F)c1c(O)cc(O)cc1O. The number of phenols is 3. The summed E-state index contributed by atoms with van der Waals surface area (Å²) in [7, 11) is 0. The summed E-state index contributed by atoms with van der Waals surface area (Å²) in [5.74, 6) is -5.40. The molecule has 0 aromatic heterocycles. The molecule has 0 aliphatic heterocycles. The smallest absolute Gasteiger partial charge is 0.207 e. The summed E-state index contributed by atoms with van der Waals surface area (Å²) in [6.45, 7) is -0.802. The number of carbonyl (C=O) groups excluding carboxylic acids is 1. The first-order valence-corrected chi connectivity index (χ1v) is 5.75. The van der Waals surface area contributed by atoms with E-state index in [9.17, 15) is 23.8 Å². The predicted octanol–water partition coefficient (Wildman–Crippen LogP) is 2.34. The largest absolute Gasteiger partial charge is 0.508 e. The molecule has 0 spiro atoms. The highest BCUT2D eigenvalue weighted by molar-refractivity contribution is 6.02. The van der Waals surface area contributed by atoms with Gasteiger partial charge in [0.1, 0.15) is 22.8 Å². The van der Waals surface area contributed by atoms with E-state index in [1.165, 1.54) is 0 Å². The van der Waals surface area contributed by atoms with Gasteiger partial charge in [0, 0.05) is 12.1 Å². The molecule has 5 nitrogen and oxygen atoms in total. The molecule has 2 rings (SSSR count). The molecule has 0 heterocycles. The number of hydrogen-bond donors (Lipinski definition) is 3. The van der Waals surface area contributed by atoms with E-state index in [4.69, 9.17) is 9.84 Å². The summed E-state index contributed by atoms with van der Waals surface area (Å²) in [4.78, 5) is 11.8. The first-order valence-electron chi connectivity index (χ1n) is 5.75. The maximum atomic E-state index is 13.3. The van der Waals surface area contributed by atoms with E-state index in [0.29, 0.717) is 0 Å². The molecule has 0 atom stereocenters. The lowest BCUT2D eigenvalue weighted by Crippen LogP contribution is -2.13. The monoisotopic (exact) mass is 296 g/mol. The van der Waals surface area contributed by atoms with Crippen molar-refractivity contribution in [3.8, 4) is 23.0 Å². The van der Waals surface area contributed by atoms with Gasteiger partial charge in [0.25, 0.3) is 0 Å². The minimum Gasteiger partial charge on any atom is -0.508 e. The van der Waals surface area contributed by atoms with Gasteiger partial charge in [0.2, 0.25) is 5.78 Å². The minimum atomic E-state index is -0.984. The fourth-order valence-corrected chi connectivity index (χ4v) is 1.71. The Hall–Kier alpha value is -2.83. The summed E-state index contributed by atoms with van der Waals surface area (Å²) >= 11 is 0. The zero-order valence-corrected chi connectivity index (χ0v) is 10.5. The molecule has 0 aliphatic carbocycles. The first-order chi connectivity index (χ1) is 9.90. The third-order valence-electron chi connectivity index (χ3n) is 2.63. The molecule has 0 bridgehead atoms. The first kappa shape index (κ1) is 14.6. The van der Waals surface area contributed by atoms with Crippen molar-refractivity contribution in [2.45, 2.75) is 0 Å². The molecule has 110 valence electrons. The Kier molecular flexibility index (Phi) is 3.93. The average Bonchev–Trinajstić information content (AvgIpc) is 2.36. The van der Waals surface area contributed by atoms with Gasteiger partial charge in [0.15, 0.2) is 24.0 Å². The van der Waals surface area contributed by atoms with Crippen molar-refractivity contribution >= 4 is 5.78 Å². The van der Waals surface area contributed by atoms with E-state index in [1.807, 2.05) is 0 Å². The van der Waals surface area contributed by atoms with Gasteiger partial charge < -0.3 is 20.1 Å². The van der Waals surface area contributed by atoms with Crippen LogP contribution < -0.4 is 4.74 Å². The lowest BCUT2D eigenvalue weighted by Gasteiger charge is -2.09. The van der Waals surface area contributed by atoms with Gasteiger partial charge in [-0.3, -0.25) is 4.79 Å². The molecule has 21 heavy (non-hydrogen) atoms. The quantitative estimate of drug-likeness (QED) is 0.754. The van der Waals surface area contributed by atoms with Crippen molar-refractivity contribution in [2.24, 2.45) is 0 Å². The molecule has 0 radical (unpaired) electrons. The lowest BCUT2D eigenvalue weighted by molar-refractivity contribution is 0.0910. The van der Waals surface area contributed by atoms with E-state index in [0.717, 1.165) is 30.3 Å². The van der Waals surface area contributed by atoms with Gasteiger partial charge in [-0.1, -0.05) is 6.07 Å². The highest BCUT2D eigenvalue weighted by Gasteiger charge is 2.20. The molecule has 0 amide bonds. The standard InChI is InChI=1S/C14H10F2O5/c15-8-2-1-3-9(16)14(8)21-6-12(20)13-10(18)4-7(17)5-11(13)19/h1-5,17-19H,6H2. The number of phenolic OH excluding ortho intramolecular Hbond substituents is 3. The summed E-state index contributed by atoms with van der Waals surface area (Å²) in [6, 6.07) is 4.74. The number of ketones is 1. The van der Waals surface area contributed by atoms with Crippen LogP contribution in [-0.2, 0) is 0 Å². The molecule has 0 aliphatic rings. The van der Waals surface area contributed by atoms with Gasteiger partial charge in [-0.2, -0.15) is 0 Å². The molecule has 0 unspecified atom stereocenters. The van der Waals surface area contributed by atoms with Crippen LogP contribution in [0.4, 0.5) is 8.78 Å². The maximum Gasteiger partial charge on any atom is 0.207 e. The Morgan fingerprint density at radius 3 is 2.10 bits per heavy atom. The van der Waals surface area contributed by atoms with E-state index < -0.39 is 52.6 Å². The second-order valence-electron chi connectivity index (χ2n) is 4.12. The predicted molar refractivity (Wildman–Crippen MR) is 67.6 cm³/mol. The molecule has 2 aromatic rings. The van der Waals surface area contributed by atoms with Gasteiger partial charge in [-0.25, -0.2) is 8.78 Å². The van der Waals surface area contributed by atoms with E-state index >= 15 is 0 Å². The van der Waals surface area contributed by atoms with Gasteiger partial charge in [-0.15, -0.1) is 0 Å². The molecule has 0 fully saturated rings. The number of halogens is 2. The Balaban J connectivity index is 2.20. The lowest BCUT2D eigenvalue weighted by atomic mass is 10.1. The number of Topliss-reactive ketones (excluding diaryl/α,β-unsaturated/α-hetero) is 1. The second-order valence-corrected chi connectivity index (χ2v) is 4.12. The van der Waals surface area contributed by atoms with Gasteiger partial charge in [-0.05, 0) is 12.1 Å². The van der Waals surface area contributed by atoms with Crippen molar-refractivity contribution in [3.05, 3.63) is 47.5 Å². The molecule has 0 saturated carbocycles. The highest BCUT2D eigenvalue weighted by Crippen LogP contribution is 2.32.